The van der Waals surface area contributed by atoms with E-state index in [-0.39, 0.29) is 5.92 Å². The Hall–Kier alpha value is -2.48. The van der Waals surface area contributed by atoms with Gasteiger partial charge in [0.25, 0.3) is 0 Å². The number of imidazole rings is 1. The smallest absolute Gasteiger partial charge is 0.161 e. The van der Waals surface area contributed by atoms with Gasteiger partial charge in [-0.05, 0) is 36.5 Å². The molecule has 0 amide bonds. The van der Waals surface area contributed by atoms with Crippen molar-refractivity contribution in [1.82, 2.24) is 9.55 Å². The lowest BCUT2D eigenvalue weighted by Gasteiger charge is -2.32. The molecule has 1 atom stereocenters. The van der Waals surface area contributed by atoms with Gasteiger partial charge in [0.05, 0.1) is 32.0 Å². The van der Waals surface area contributed by atoms with Crippen molar-refractivity contribution in [3.8, 4) is 17.6 Å². The third-order valence-corrected chi connectivity index (χ3v) is 4.63. The number of rotatable bonds is 8. The Morgan fingerprint density at radius 3 is 2.54 bits per heavy atom. The van der Waals surface area contributed by atoms with Gasteiger partial charge in [-0.3, -0.25) is 0 Å². The highest BCUT2D eigenvalue weighted by molar-refractivity contribution is 5.47. The van der Waals surface area contributed by atoms with Crippen LogP contribution >= 0.6 is 0 Å². The summed E-state index contributed by atoms with van der Waals surface area (Å²) in [6.07, 6.45) is 7.19. The molecule has 24 heavy (non-hydrogen) atoms. The number of methoxy groups -OCH3 is 2. The molecule has 0 N–H and O–H groups in total. The number of nitrogens with zero attached hydrogens (tertiary/aromatic N) is 3. The zero-order chi connectivity index (χ0) is 17.6. The molecule has 2 aromatic rings. The van der Waals surface area contributed by atoms with Crippen molar-refractivity contribution in [3.63, 3.8) is 0 Å². The van der Waals surface area contributed by atoms with Crippen LogP contribution < -0.4 is 9.47 Å². The largest absolute Gasteiger partial charge is 0.493 e. The SMILES string of the molecule is COc1ccc(C(C#N)(CCCn2ccnc2)C(C)C)cc1OC. The first kappa shape index (κ1) is 17.9. The highest BCUT2D eigenvalue weighted by Crippen LogP contribution is 2.40. The zero-order valence-electron chi connectivity index (χ0n) is 14.8. The van der Waals surface area contributed by atoms with Crippen LogP contribution in [0.3, 0.4) is 0 Å². The van der Waals surface area contributed by atoms with E-state index in [1.54, 1.807) is 26.7 Å². The first-order chi connectivity index (χ1) is 11.6. The van der Waals surface area contributed by atoms with Gasteiger partial charge in [0.2, 0.25) is 0 Å². The Morgan fingerprint density at radius 2 is 2.00 bits per heavy atom. The average molecular weight is 327 g/mol. The number of nitriles is 1. The normalized spacial score (nSPS) is 13.3. The van der Waals surface area contributed by atoms with Crippen LogP contribution in [-0.4, -0.2) is 23.8 Å². The molecule has 0 saturated heterocycles. The van der Waals surface area contributed by atoms with E-state index in [0.29, 0.717) is 11.5 Å². The van der Waals surface area contributed by atoms with Crippen LogP contribution in [0.25, 0.3) is 0 Å². The molecule has 1 unspecified atom stereocenters. The maximum absolute atomic E-state index is 10.0. The van der Waals surface area contributed by atoms with Gasteiger partial charge in [0, 0.05) is 18.9 Å². The molecule has 1 aromatic heterocycles. The summed E-state index contributed by atoms with van der Waals surface area (Å²) in [6, 6.07) is 8.36. The van der Waals surface area contributed by atoms with Gasteiger partial charge in [-0.1, -0.05) is 19.9 Å². The predicted molar refractivity (Wildman–Crippen MR) is 93.1 cm³/mol. The van der Waals surface area contributed by atoms with Crippen molar-refractivity contribution in [1.29, 1.82) is 5.26 Å². The first-order valence-corrected chi connectivity index (χ1v) is 8.17. The van der Waals surface area contributed by atoms with Gasteiger partial charge in [0.15, 0.2) is 11.5 Å². The average Bonchev–Trinajstić information content (AvgIpc) is 3.11. The molecule has 0 fully saturated rings. The second-order valence-electron chi connectivity index (χ2n) is 6.21. The third-order valence-electron chi connectivity index (χ3n) is 4.63. The monoisotopic (exact) mass is 327 g/mol. The van der Waals surface area contributed by atoms with E-state index >= 15 is 0 Å². The molecule has 0 aliphatic heterocycles. The lowest BCUT2D eigenvalue weighted by Crippen LogP contribution is -2.31. The second-order valence-corrected chi connectivity index (χ2v) is 6.21. The fraction of sp³-hybridized carbons (Fsp3) is 0.474. The zero-order valence-corrected chi connectivity index (χ0v) is 14.8. The molecule has 0 saturated carbocycles. The van der Waals surface area contributed by atoms with Crippen molar-refractivity contribution in [2.45, 2.75) is 38.6 Å². The van der Waals surface area contributed by atoms with Crippen LogP contribution in [-0.2, 0) is 12.0 Å². The highest BCUT2D eigenvalue weighted by atomic mass is 16.5. The molecule has 0 aliphatic rings. The summed E-state index contributed by atoms with van der Waals surface area (Å²) < 4.78 is 12.8. The van der Waals surface area contributed by atoms with Crippen molar-refractivity contribution in [2.24, 2.45) is 5.92 Å². The molecule has 1 heterocycles. The quantitative estimate of drug-likeness (QED) is 0.740. The lowest BCUT2D eigenvalue weighted by molar-refractivity contribution is 0.338. The van der Waals surface area contributed by atoms with E-state index in [0.717, 1.165) is 24.9 Å². The van der Waals surface area contributed by atoms with Crippen LogP contribution in [0.1, 0.15) is 32.3 Å². The van der Waals surface area contributed by atoms with Gasteiger partial charge < -0.3 is 14.0 Å². The maximum atomic E-state index is 10.0. The lowest BCUT2D eigenvalue weighted by atomic mass is 9.70. The Bertz CT molecular complexity index is 689. The molecule has 0 radical (unpaired) electrons. The number of hydrogen-bond donors (Lipinski definition) is 0. The van der Waals surface area contributed by atoms with Crippen molar-refractivity contribution < 1.29 is 9.47 Å². The molecule has 128 valence electrons. The number of aromatic nitrogens is 2. The van der Waals surface area contributed by atoms with Crippen LogP contribution in [0.2, 0.25) is 0 Å². The van der Waals surface area contributed by atoms with Crippen molar-refractivity contribution >= 4 is 0 Å². The summed E-state index contributed by atoms with van der Waals surface area (Å²) in [7, 11) is 3.23. The Balaban J connectivity index is 2.28. The van der Waals surface area contributed by atoms with Gasteiger partial charge in [-0.2, -0.15) is 5.26 Å². The molecular weight excluding hydrogens is 302 g/mol. The summed E-state index contributed by atoms with van der Waals surface area (Å²) in [5, 5.41) is 10.0. The first-order valence-electron chi connectivity index (χ1n) is 8.17. The molecule has 0 spiro atoms. The van der Waals surface area contributed by atoms with E-state index in [4.69, 9.17) is 9.47 Å². The Kier molecular flexibility index (Phi) is 5.86. The molecule has 5 nitrogen and oxygen atoms in total. The summed E-state index contributed by atoms with van der Waals surface area (Å²) in [5.41, 5.74) is 0.420. The Labute approximate surface area is 143 Å². The summed E-state index contributed by atoms with van der Waals surface area (Å²) in [5.74, 6) is 1.52. The van der Waals surface area contributed by atoms with Gasteiger partial charge in [-0.25, -0.2) is 4.98 Å². The third kappa shape index (κ3) is 3.53. The van der Waals surface area contributed by atoms with Crippen molar-refractivity contribution in [3.05, 3.63) is 42.5 Å². The minimum Gasteiger partial charge on any atom is -0.493 e. The van der Waals surface area contributed by atoms with Crippen LogP contribution in [0.5, 0.6) is 11.5 Å². The number of ether oxygens (including phenoxy) is 2. The topological polar surface area (TPSA) is 60.1 Å². The van der Waals surface area contributed by atoms with Crippen LogP contribution in [0, 0.1) is 17.2 Å². The van der Waals surface area contributed by atoms with Gasteiger partial charge in [0.1, 0.15) is 0 Å². The van der Waals surface area contributed by atoms with E-state index < -0.39 is 5.41 Å². The van der Waals surface area contributed by atoms with Crippen LogP contribution in [0.15, 0.2) is 36.9 Å². The fourth-order valence-corrected chi connectivity index (χ4v) is 3.09. The van der Waals surface area contributed by atoms with Crippen LogP contribution in [0.4, 0.5) is 0 Å². The second kappa shape index (κ2) is 7.87. The van der Waals surface area contributed by atoms with E-state index in [1.807, 2.05) is 29.0 Å². The standard InChI is InChI=1S/C19H25N3O2/c1-15(2)19(13-20,8-5-10-22-11-9-21-14-22)16-6-7-17(23-3)18(12-16)24-4/h6-7,9,11-12,14-15H,5,8,10H2,1-4H3. The molecular formula is C19H25N3O2. The summed E-state index contributed by atoms with van der Waals surface area (Å²) in [4.78, 5) is 4.06. The minimum absolute atomic E-state index is 0.184. The van der Waals surface area contributed by atoms with E-state index in [2.05, 4.69) is 24.9 Å². The molecule has 0 bridgehead atoms. The molecule has 5 heteroatoms. The van der Waals surface area contributed by atoms with Gasteiger partial charge in [-0.15, -0.1) is 0 Å². The maximum Gasteiger partial charge on any atom is 0.161 e. The number of benzene rings is 1. The molecule has 1 aromatic carbocycles. The fourth-order valence-electron chi connectivity index (χ4n) is 3.09. The predicted octanol–water partition coefficient (Wildman–Crippen LogP) is 3.80. The number of aryl methyl sites for hydroxylation is 1. The number of hydrogen-bond acceptors (Lipinski definition) is 4. The Morgan fingerprint density at radius 1 is 1.25 bits per heavy atom. The molecule has 2 rings (SSSR count). The minimum atomic E-state index is -0.555. The van der Waals surface area contributed by atoms with E-state index in [1.165, 1.54) is 0 Å². The molecule has 0 aliphatic carbocycles. The van der Waals surface area contributed by atoms with Crippen molar-refractivity contribution in [2.75, 3.05) is 14.2 Å². The van der Waals surface area contributed by atoms with Gasteiger partial charge >= 0.3 is 0 Å². The summed E-state index contributed by atoms with van der Waals surface area (Å²) >= 11 is 0. The highest BCUT2D eigenvalue weighted by Gasteiger charge is 2.36. The summed E-state index contributed by atoms with van der Waals surface area (Å²) in [6.45, 7) is 5.04. The van der Waals surface area contributed by atoms with E-state index in [9.17, 15) is 5.26 Å².